The van der Waals surface area contributed by atoms with Gasteiger partial charge in [-0.25, -0.2) is 4.79 Å². The van der Waals surface area contributed by atoms with Crippen LogP contribution < -0.4 is 24.6 Å². The number of hydrogen-bond donors (Lipinski definition) is 1. The molecule has 3 heterocycles. The number of piperidine rings is 1. The topological polar surface area (TPSA) is 83.1 Å². The second-order valence-electron chi connectivity index (χ2n) is 8.23. The van der Waals surface area contributed by atoms with Crippen LogP contribution in [0.3, 0.4) is 0 Å². The van der Waals surface area contributed by atoms with Crippen LogP contribution in [0.4, 0.5) is 22.1 Å². The first-order valence-electron chi connectivity index (χ1n) is 11.2. The number of ether oxygens (including phenoxy) is 2. The number of aromatic nitrogens is 2. The normalized spacial score (nSPS) is 19.0. The Labute approximate surface area is 189 Å². The van der Waals surface area contributed by atoms with Crippen molar-refractivity contribution in [3.63, 3.8) is 0 Å². The summed E-state index contributed by atoms with van der Waals surface area (Å²) >= 11 is 0. The summed E-state index contributed by atoms with van der Waals surface area (Å²) in [6.07, 6.45) is 3.69. The summed E-state index contributed by atoms with van der Waals surface area (Å²) in [5.41, 5.74) is 0.590. The molecule has 2 aromatic rings. The molecule has 0 spiro atoms. The number of hydrogen-bond acceptors (Lipinski definition) is 7. The van der Waals surface area contributed by atoms with Crippen LogP contribution in [0, 0.1) is 0 Å². The lowest BCUT2D eigenvalue weighted by Crippen LogP contribution is -2.50. The summed E-state index contributed by atoms with van der Waals surface area (Å²) in [4.78, 5) is 19.1. The number of methoxy groups -OCH3 is 2. The third-order valence-electron chi connectivity index (χ3n) is 6.27. The second-order valence-corrected chi connectivity index (χ2v) is 8.23. The van der Waals surface area contributed by atoms with Gasteiger partial charge in [-0.2, -0.15) is 0 Å². The van der Waals surface area contributed by atoms with Crippen molar-refractivity contribution < 1.29 is 14.3 Å². The minimum Gasteiger partial charge on any atom is -0.493 e. The number of benzene rings is 1. The van der Waals surface area contributed by atoms with Crippen molar-refractivity contribution in [3.8, 4) is 11.5 Å². The molecule has 9 heteroatoms. The van der Waals surface area contributed by atoms with E-state index in [0.717, 1.165) is 18.2 Å². The van der Waals surface area contributed by atoms with E-state index in [0.29, 0.717) is 49.4 Å². The van der Waals surface area contributed by atoms with Gasteiger partial charge in [0, 0.05) is 38.8 Å². The van der Waals surface area contributed by atoms with Gasteiger partial charge in [-0.3, -0.25) is 0 Å². The third-order valence-corrected chi connectivity index (χ3v) is 6.27. The fourth-order valence-electron chi connectivity index (χ4n) is 4.40. The highest BCUT2D eigenvalue weighted by Gasteiger charge is 2.24. The molecule has 2 saturated heterocycles. The lowest BCUT2D eigenvalue weighted by atomic mass is 10.0. The lowest BCUT2D eigenvalue weighted by Gasteiger charge is -2.36. The van der Waals surface area contributed by atoms with Crippen molar-refractivity contribution in [3.05, 3.63) is 30.3 Å². The van der Waals surface area contributed by atoms with Crippen molar-refractivity contribution >= 4 is 23.4 Å². The smallest absolute Gasteiger partial charge is 0.322 e. The van der Waals surface area contributed by atoms with E-state index in [4.69, 9.17) is 9.47 Å². The maximum absolute atomic E-state index is 12.8. The number of piperazine rings is 1. The van der Waals surface area contributed by atoms with Crippen molar-refractivity contribution in [1.82, 2.24) is 15.1 Å². The molecule has 0 aliphatic carbocycles. The van der Waals surface area contributed by atoms with Crippen molar-refractivity contribution in [2.24, 2.45) is 0 Å². The lowest BCUT2D eigenvalue weighted by molar-refractivity contribution is 0.208. The van der Waals surface area contributed by atoms with E-state index in [1.165, 1.54) is 19.3 Å². The summed E-state index contributed by atoms with van der Waals surface area (Å²) in [5, 5.41) is 11.9. The Balaban J connectivity index is 1.33. The van der Waals surface area contributed by atoms with Gasteiger partial charge in [-0.1, -0.05) is 6.07 Å². The number of rotatable bonds is 5. The number of amides is 2. The maximum Gasteiger partial charge on any atom is 0.322 e. The zero-order valence-corrected chi connectivity index (χ0v) is 19.1. The fraction of sp³-hybridized carbons (Fsp3) is 0.522. The predicted molar refractivity (Wildman–Crippen MR) is 125 cm³/mol. The number of nitrogens with zero attached hydrogens (tertiary/aromatic N) is 5. The van der Waals surface area contributed by atoms with Gasteiger partial charge in [0.1, 0.15) is 0 Å². The number of urea groups is 1. The van der Waals surface area contributed by atoms with E-state index in [2.05, 4.69) is 38.3 Å². The molecular formula is C23H32N6O3. The summed E-state index contributed by atoms with van der Waals surface area (Å²) in [6, 6.07) is 9.88. The molecule has 2 aliphatic rings. The van der Waals surface area contributed by atoms with Crippen molar-refractivity contribution in [2.75, 3.05) is 62.1 Å². The fourth-order valence-corrected chi connectivity index (χ4v) is 4.40. The van der Waals surface area contributed by atoms with Gasteiger partial charge >= 0.3 is 6.03 Å². The molecule has 1 aromatic carbocycles. The molecule has 9 nitrogen and oxygen atoms in total. The molecule has 1 unspecified atom stereocenters. The molecule has 1 aromatic heterocycles. The Morgan fingerprint density at radius 3 is 2.38 bits per heavy atom. The zero-order valence-electron chi connectivity index (χ0n) is 19.1. The Bertz CT molecular complexity index is 914. The first-order valence-corrected chi connectivity index (χ1v) is 11.2. The molecule has 1 N–H and O–H groups in total. The quantitative estimate of drug-likeness (QED) is 0.764. The van der Waals surface area contributed by atoms with Crippen LogP contribution in [0.5, 0.6) is 11.5 Å². The van der Waals surface area contributed by atoms with E-state index < -0.39 is 0 Å². The van der Waals surface area contributed by atoms with Crippen LogP contribution in [0.1, 0.15) is 26.2 Å². The standard InChI is InChI=1S/C23H32N6O3/c1-17-7-4-5-12-29(17)21-11-10-20(25-26-21)27-13-15-28(16-14-27)23(30)24-18-8-6-9-19(31-2)22(18)32-3/h6,8-11,17H,4-5,7,12-16H2,1-3H3,(H,24,30). The van der Waals surface area contributed by atoms with E-state index in [1.807, 2.05) is 12.1 Å². The second kappa shape index (κ2) is 9.93. The molecule has 4 rings (SSSR count). The Hall–Kier alpha value is -3.23. The monoisotopic (exact) mass is 440 g/mol. The number of anilines is 3. The van der Waals surface area contributed by atoms with E-state index in [1.54, 1.807) is 31.3 Å². The highest BCUT2D eigenvalue weighted by Crippen LogP contribution is 2.35. The molecule has 0 bridgehead atoms. The molecule has 2 amide bonds. The van der Waals surface area contributed by atoms with E-state index >= 15 is 0 Å². The van der Waals surface area contributed by atoms with Gasteiger partial charge in [0.05, 0.1) is 19.9 Å². The Morgan fingerprint density at radius 1 is 0.969 bits per heavy atom. The predicted octanol–water partition coefficient (Wildman–Crippen LogP) is 3.23. The number of para-hydroxylation sites is 1. The third kappa shape index (κ3) is 4.66. The van der Waals surface area contributed by atoms with Gasteiger partial charge in [-0.05, 0) is 50.5 Å². The number of carbonyl (C=O) groups excluding carboxylic acids is 1. The highest BCUT2D eigenvalue weighted by atomic mass is 16.5. The molecule has 0 saturated carbocycles. The molecule has 0 radical (unpaired) electrons. The molecule has 2 fully saturated rings. The van der Waals surface area contributed by atoms with Gasteiger partial charge in [0.15, 0.2) is 23.1 Å². The van der Waals surface area contributed by atoms with Gasteiger partial charge in [-0.15, -0.1) is 10.2 Å². The minimum absolute atomic E-state index is 0.156. The van der Waals surface area contributed by atoms with Crippen LogP contribution in [0.25, 0.3) is 0 Å². The van der Waals surface area contributed by atoms with Gasteiger partial charge in [0.25, 0.3) is 0 Å². The van der Waals surface area contributed by atoms with Gasteiger partial charge < -0.3 is 29.5 Å². The Morgan fingerprint density at radius 2 is 1.72 bits per heavy atom. The van der Waals surface area contributed by atoms with Crippen LogP contribution >= 0.6 is 0 Å². The largest absolute Gasteiger partial charge is 0.493 e. The average Bonchev–Trinajstić information content (AvgIpc) is 2.84. The van der Waals surface area contributed by atoms with Crippen LogP contribution in [-0.4, -0.2) is 74.1 Å². The number of carbonyl (C=O) groups is 1. The molecular weight excluding hydrogens is 408 g/mol. The first kappa shape index (κ1) is 22.0. The summed E-state index contributed by atoms with van der Waals surface area (Å²) in [6.45, 7) is 5.91. The average molecular weight is 441 g/mol. The summed E-state index contributed by atoms with van der Waals surface area (Å²) in [5.74, 6) is 2.90. The maximum atomic E-state index is 12.8. The van der Waals surface area contributed by atoms with Crippen molar-refractivity contribution in [1.29, 1.82) is 0 Å². The van der Waals surface area contributed by atoms with Crippen molar-refractivity contribution in [2.45, 2.75) is 32.2 Å². The summed E-state index contributed by atoms with van der Waals surface area (Å²) < 4.78 is 10.7. The molecule has 172 valence electrons. The highest BCUT2D eigenvalue weighted by molar-refractivity contribution is 5.91. The van der Waals surface area contributed by atoms with E-state index in [9.17, 15) is 4.79 Å². The molecule has 32 heavy (non-hydrogen) atoms. The van der Waals surface area contributed by atoms with E-state index in [-0.39, 0.29) is 6.03 Å². The number of nitrogens with one attached hydrogen (secondary N) is 1. The molecule has 2 aliphatic heterocycles. The van der Waals surface area contributed by atoms with Crippen LogP contribution in [0.15, 0.2) is 30.3 Å². The Kier molecular flexibility index (Phi) is 6.82. The minimum atomic E-state index is -0.156. The molecule has 1 atom stereocenters. The van der Waals surface area contributed by atoms with Crippen LogP contribution in [0.2, 0.25) is 0 Å². The van der Waals surface area contributed by atoms with Gasteiger partial charge in [0.2, 0.25) is 0 Å². The van der Waals surface area contributed by atoms with Crippen LogP contribution in [-0.2, 0) is 0 Å². The SMILES string of the molecule is COc1cccc(NC(=O)N2CCN(c3ccc(N4CCCCC4C)nn3)CC2)c1OC. The first-order chi connectivity index (χ1) is 15.6. The summed E-state index contributed by atoms with van der Waals surface area (Å²) in [7, 11) is 3.13. The zero-order chi connectivity index (χ0) is 22.5.